The summed E-state index contributed by atoms with van der Waals surface area (Å²) in [6.45, 7) is 11.8. The SMILES string of the molecule is Cc1cc(C)c(OC2CNC(C)(C)C2)c(C)c1. The van der Waals surface area contributed by atoms with Crippen LogP contribution < -0.4 is 10.1 Å². The minimum Gasteiger partial charge on any atom is -0.488 e. The van der Waals surface area contributed by atoms with Gasteiger partial charge in [-0.15, -0.1) is 0 Å². The molecule has 1 aliphatic rings. The fourth-order valence-corrected chi connectivity index (χ4v) is 2.71. The van der Waals surface area contributed by atoms with E-state index in [1.807, 2.05) is 0 Å². The van der Waals surface area contributed by atoms with Gasteiger partial charge in [0.15, 0.2) is 0 Å². The van der Waals surface area contributed by atoms with Crippen molar-refractivity contribution in [2.45, 2.75) is 52.7 Å². The van der Waals surface area contributed by atoms with Crippen molar-refractivity contribution in [3.05, 3.63) is 28.8 Å². The highest BCUT2D eigenvalue weighted by molar-refractivity contribution is 5.43. The summed E-state index contributed by atoms with van der Waals surface area (Å²) >= 11 is 0. The molecule has 1 N–H and O–H groups in total. The van der Waals surface area contributed by atoms with Gasteiger partial charge in [-0.1, -0.05) is 17.7 Å². The van der Waals surface area contributed by atoms with Crippen LogP contribution >= 0.6 is 0 Å². The van der Waals surface area contributed by atoms with E-state index in [0.29, 0.717) is 6.10 Å². The van der Waals surface area contributed by atoms with E-state index < -0.39 is 0 Å². The molecule has 0 radical (unpaired) electrons. The van der Waals surface area contributed by atoms with E-state index >= 15 is 0 Å². The van der Waals surface area contributed by atoms with Crippen LogP contribution in [0.25, 0.3) is 0 Å². The molecule has 0 amide bonds. The maximum atomic E-state index is 6.16. The van der Waals surface area contributed by atoms with E-state index in [2.05, 4.69) is 52.1 Å². The van der Waals surface area contributed by atoms with Crippen LogP contribution in [-0.2, 0) is 0 Å². The van der Waals surface area contributed by atoms with Gasteiger partial charge in [-0.2, -0.15) is 0 Å². The number of ether oxygens (including phenoxy) is 1. The molecule has 2 rings (SSSR count). The van der Waals surface area contributed by atoms with Crippen molar-refractivity contribution in [1.29, 1.82) is 0 Å². The number of hydrogen-bond acceptors (Lipinski definition) is 2. The predicted molar refractivity (Wildman–Crippen MR) is 71.8 cm³/mol. The summed E-state index contributed by atoms with van der Waals surface area (Å²) in [5.74, 6) is 1.07. The van der Waals surface area contributed by atoms with Crippen LogP contribution in [0.1, 0.15) is 37.0 Å². The van der Waals surface area contributed by atoms with E-state index in [0.717, 1.165) is 18.7 Å². The standard InChI is InChI=1S/C15H23NO/c1-10-6-11(2)14(12(3)7-10)17-13-8-15(4,5)16-9-13/h6-7,13,16H,8-9H2,1-5H3. The first-order valence-electron chi connectivity index (χ1n) is 6.37. The zero-order valence-electron chi connectivity index (χ0n) is 11.6. The maximum absolute atomic E-state index is 6.16. The lowest BCUT2D eigenvalue weighted by molar-refractivity contribution is 0.211. The average molecular weight is 233 g/mol. The molecule has 1 aromatic rings. The number of nitrogens with one attached hydrogen (secondary N) is 1. The minimum atomic E-state index is 0.206. The van der Waals surface area contributed by atoms with Crippen LogP contribution in [0.4, 0.5) is 0 Å². The van der Waals surface area contributed by atoms with Crippen LogP contribution in [0.5, 0.6) is 5.75 Å². The first-order valence-corrected chi connectivity index (χ1v) is 6.37. The lowest BCUT2D eigenvalue weighted by atomic mass is 10.0. The molecule has 94 valence electrons. The van der Waals surface area contributed by atoms with Crippen molar-refractivity contribution in [1.82, 2.24) is 5.32 Å². The molecule has 0 bridgehead atoms. The molecule has 2 nitrogen and oxygen atoms in total. The summed E-state index contributed by atoms with van der Waals surface area (Å²) < 4.78 is 6.16. The Balaban J connectivity index is 2.15. The molecule has 0 saturated carbocycles. The summed E-state index contributed by atoms with van der Waals surface area (Å²) in [6.07, 6.45) is 1.37. The second kappa shape index (κ2) is 4.34. The monoisotopic (exact) mass is 233 g/mol. The number of rotatable bonds is 2. The van der Waals surface area contributed by atoms with Gasteiger partial charge in [0.2, 0.25) is 0 Å². The first-order chi connectivity index (χ1) is 7.87. The van der Waals surface area contributed by atoms with Gasteiger partial charge in [0.1, 0.15) is 11.9 Å². The molecular formula is C15H23NO. The van der Waals surface area contributed by atoms with Crippen LogP contribution in [-0.4, -0.2) is 18.2 Å². The lowest BCUT2D eigenvalue weighted by Gasteiger charge is -2.19. The van der Waals surface area contributed by atoms with Gasteiger partial charge in [0.05, 0.1) is 0 Å². The van der Waals surface area contributed by atoms with Crippen LogP contribution in [0.15, 0.2) is 12.1 Å². The smallest absolute Gasteiger partial charge is 0.125 e. The number of hydrogen-bond donors (Lipinski definition) is 1. The molecule has 1 unspecified atom stereocenters. The van der Waals surface area contributed by atoms with Crippen LogP contribution in [0.3, 0.4) is 0 Å². The largest absolute Gasteiger partial charge is 0.488 e. The Bertz CT molecular complexity index is 400. The molecular weight excluding hydrogens is 210 g/mol. The van der Waals surface area contributed by atoms with Crippen molar-refractivity contribution in [2.24, 2.45) is 0 Å². The normalized spacial score (nSPS) is 22.8. The topological polar surface area (TPSA) is 21.3 Å². The Labute approximate surface area is 104 Å². The third-order valence-corrected chi connectivity index (χ3v) is 3.44. The van der Waals surface area contributed by atoms with Crippen molar-refractivity contribution in [3.63, 3.8) is 0 Å². The summed E-state index contributed by atoms with van der Waals surface area (Å²) in [5, 5.41) is 3.49. The average Bonchev–Trinajstić information content (AvgIpc) is 2.52. The molecule has 0 aliphatic carbocycles. The summed E-state index contributed by atoms with van der Waals surface area (Å²) in [7, 11) is 0. The molecule has 2 heteroatoms. The van der Waals surface area contributed by atoms with E-state index in [1.165, 1.54) is 16.7 Å². The quantitative estimate of drug-likeness (QED) is 0.847. The van der Waals surface area contributed by atoms with Gasteiger partial charge in [-0.05, 0) is 45.7 Å². The maximum Gasteiger partial charge on any atom is 0.125 e. The van der Waals surface area contributed by atoms with E-state index in [9.17, 15) is 0 Å². The van der Waals surface area contributed by atoms with Crippen LogP contribution in [0, 0.1) is 20.8 Å². The van der Waals surface area contributed by atoms with Crippen molar-refractivity contribution >= 4 is 0 Å². The predicted octanol–water partition coefficient (Wildman–Crippen LogP) is 3.13. The van der Waals surface area contributed by atoms with Crippen molar-refractivity contribution in [3.8, 4) is 5.75 Å². The molecule has 0 aromatic heterocycles. The Morgan fingerprint density at radius 3 is 2.24 bits per heavy atom. The number of benzene rings is 1. The van der Waals surface area contributed by atoms with E-state index in [-0.39, 0.29) is 5.54 Å². The third-order valence-electron chi connectivity index (χ3n) is 3.44. The molecule has 1 aliphatic heterocycles. The highest BCUT2D eigenvalue weighted by atomic mass is 16.5. The van der Waals surface area contributed by atoms with Crippen molar-refractivity contribution in [2.75, 3.05) is 6.54 Å². The third kappa shape index (κ3) is 2.81. The molecule has 1 saturated heterocycles. The molecule has 1 fully saturated rings. The van der Waals surface area contributed by atoms with E-state index in [1.54, 1.807) is 0 Å². The molecule has 0 spiro atoms. The summed E-state index contributed by atoms with van der Waals surface area (Å²) in [6, 6.07) is 4.38. The summed E-state index contributed by atoms with van der Waals surface area (Å²) in [5.41, 5.74) is 3.99. The van der Waals surface area contributed by atoms with Crippen molar-refractivity contribution < 1.29 is 4.74 Å². The lowest BCUT2D eigenvalue weighted by Crippen LogP contribution is -2.31. The number of aryl methyl sites for hydroxylation is 3. The Hall–Kier alpha value is -1.02. The van der Waals surface area contributed by atoms with Crippen LogP contribution in [0.2, 0.25) is 0 Å². The molecule has 1 atom stereocenters. The Morgan fingerprint density at radius 1 is 1.18 bits per heavy atom. The second-order valence-electron chi connectivity index (χ2n) is 5.94. The van der Waals surface area contributed by atoms with Gasteiger partial charge in [0.25, 0.3) is 0 Å². The summed E-state index contributed by atoms with van der Waals surface area (Å²) in [4.78, 5) is 0. The zero-order chi connectivity index (χ0) is 12.6. The fraction of sp³-hybridized carbons (Fsp3) is 0.600. The van der Waals surface area contributed by atoms with Gasteiger partial charge >= 0.3 is 0 Å². The minimum absolute atomic E-state index is 0.206. The second-order valence-corrected chi connectivity index (χ2v) is 5.94. The highest BCUT2D eigenvalue weighted by Crippen LogP contribution is 2.29. The van der Waals surface area contributed by atoms with Gasteiger partial charge in [-0.3, -0.25) is 0 Å². The molecule has 17 heavy (non-hydrogen) atoms. The fourth-order valence-electron chi connectivity index (χ4n) is 2.71. The van der Waals surface area contributed by atoms with Gasteiger partial charge in [0, 0.05) is 18.5 Å². The van der Waals surface area contributed by atoms with Gasteiger partial charge in [-0.25, -0.2) is 0 Å². The molecule has 1 aromatic carbocycles. The Kier molecular flexibility index (Phi) is 3.17. The zero-order valence-corrected chi connectivity index (χ0v) is 11.6. The Morgan fingerprint density at radius 2 is 1.76 bits per heavy atom. The van der Waals surface area contributed by atoms with Gasteiger partial charge < -0.3 is 10.1 Å². The molecule has 1 heterocycles. The van der Waals surface area contributed by atoms with E-state index in [4.69, 9.17) is 4.74 Å². The first kappa shape index (κ1) is 12.4. The highest BCUT2D eigenvalue weighted by Gasteiger charge is 2.31.